The van der Waals surface area contributed by atoms with Crippen LogP contribution in [0.15, 0.2) is 47.9 Å². The summed E-state index contributed by atoms with van der Waals surface area (Å²) in [7, 11) is 1.72. The van der Waals surface area contributed by atoms with Crippen molar-refractivity contribution in [3.63, 3.8) is 0 Å². The second kappa shape index (κ2) is 12.5. The van der Waals surface area contributed by atoms with E-state index in [2.05, 4.69) is 44.2 Å². The van der Waals surface area contributed by atoms with Gasteiger partial charge in [-0.15, -0.1) is 5.10 Å². The van der Waals surface area contributed by atoms with E-state index in [9.17, 15) is 0 Å². The number of nitrogens with two attached hydrogens (primary N) is 1. The third-order valence-electron chi connectivity index (χ3n) is 6.09. The molecule has 0 bridgehead atoms. The molecule has 3 aromatic heterocycles. The maximum Gasteiger partial charge on any atom is 0.154 e. The highest BCUT2D eigenvalue weighted by Crippen LogP contribution is 2.21. The third kappa shape index (κ3) is 6.81. The summed E-state index contributed by atoms with van der Waals surface area (Å²) in [5.74, 6) is 1.67. The molecule has 3 N–H and O–H groups in total. The van der Waals surface area contributed by atoms with E-state index in [1.54, 1.807) is 25.7 Å². The van der Waals surface area contributed by atoms with Gasteiger partial charge in [0.05, 0.1) is 43.1 Å². The number of ether oxygens (including phenoxy) is 2. The lowest BCUT2D eigenvalue weighted by molar-refractivity contribution is 0.00551. The Morgan fingerprint density at radius 1 is 1.19 bits per heavy atom. The average Bonchev–Trinajstić information content (AvgIpc) is 2.90. The van der Waals surface area contributed by atoms with Crippen molar-refractivity contribution in [1.82, 2.24) is 25.1 Å². The van der Waals surface area contributed by atoms with Crippen LogP contribution >= 0.6 is 0 Å². The molecule has 0 spiro atoms. The van der Waals surface area contributed by atoms with Crippen LogP contribution in [0.3, 0.4) is 0 Å². The molecule has 0 radical (unpaired) electrons. The summed E-state index contributed by atoms with van der Waals surface area (Å²) in [5.41, 5.74) is 10.2. The Kier molecular flexibility index (Phi) is 8.88. The van der Waals surface area contributed by atoms with Gasteiger partial charge in [0.25, 0.3) is 0 Å². The molecule has 190 valence electrons. The minimum absolute atomic E-state index is 0.000648. The summed E-state index contributed by atoms with van der Waals surface area (Å²) < 4.78 is 11.0. The summed E-state index contributed by atoms with van der Waals surface area (Å²) in [6, 6.07) is 7.73. The number of aromatic nitrogens is 4. The average molecular weight is 491 g/mol. The van der Waals surface area contributed by atoms with Crippen molar-refractivity contribution in [2.75, 3.05) is 51.8 Å². The minimum atomic E-state index is 0.000648. The van der Waals surface area contributed by atoms with E-state index in [1.165, 1.54) is 6.20 Å². The van der Waals surface area contributed by atoms with E-state index >= 15 is 0 Å². The van der Waals surface area contributed by atoms with E-state index in [4.69, 9.17) is 20.2 Å². The van der Waals surface area contributed by atoms with E-state index < -0.39 is 0 Å². The third-order valence-corrected chi connectivity index (χ3v) is 6.09. The summed E-state index contributed by atoms with van der Waals surface area (Å²) in [6.07, 6.45) is 6.86. The zero-order chi connectivity index (χ0) is 25.3. The number of rotatable bonds is 10. The molecule has 1 aliphatic heterocycles. The molecule has 0 aliphatic carbocycles. The molecule has 10 heteroatoms. The molecule has 4 heterocycles. The van der Waals surface area contributed by atoms with Crippen LogP contribution in [0.1, 0.15) is 30.9 Å². The molecule has 0 aromatic carbocycles. The van der Waals surface area contributed by atoms with E-state index in [1.807, 2.05) is 24.3 Å². The van der Waals surface area contributed by atoms with Crippen molar-refractivity contribution in [2.45, 2.75) is 25.9 Å². The lowest BCUT2D eigenvalue weighted by Crippen LogP contribution is -2.42. The number of fused-ring (bicyclic) bond motifs is 1. The predicted molar refractivity (Wildman–Crippen MR) is 143 cm³/mol. The number of nitrogens with zero attached hydrogens (tertiary/aromatic N) is 6. The number of hydrogen-bond donors (Lipinski definition) is 2. The molecule has 3 aromatic rings. The molecule has 1 aliphatic rings. The standard InChI is InChI=1S/C26H34N8O2/c1-18(2)19-11-26(33-30-15-19)32-25-5-4-23-24(31-25)10-20(14-29-23)21(12-27)13-28-16-22(35-3)17-34-6-8-36-9-7-34/h4-5,10-15,18,22H,6-9,16-17,27H2,1-3H3,(H,31,32,33). The van der Waals surface area contributed by atoms with Crippen molar-refractivity contribution in [2.24, 2.45) is 10.7 Å². The lowest BCUT2D eigenvalue weighted by atomic mass is 10.1. The number of aliphatic imine (C=N–C) groups is 1. The number of anilines is 2. The Morgan fingerprint density at radius 2 is 2.03 bits per heavy atom. The number of hydrogen-bond acceptors (Lipinski definition) is 10. The van der Waals surface area contributed by atoms with Crippen molar-refractivity contribution < 1.29 is 9.47 Å². The molecular formula is C26H34N8O2. The highest BCUT2D eigenvalue weighted by atomic mass is 16.5. The van der Waals surface area contributed by atoms with Crippen molar-refractivity contribution in [3.8, 4) is 0 Å². The first-order valence-electron chi connectivity index (χ1n) is 12.2. The summed E-state index contributed by atoms with van der Waals surface area (Å²) >= 11 is 0. The molecule has 1 fully saturated rings. The molecule has 36 heavy (non-hydrogen) atoms. The first-order chi connectivity index (χ1) is 17.6. The van der Waals surface area contributed by atoms with Crippen LogP contribution in [0, 0.1) is 0 Å². The fourth-order valence-corrected chi connectivity index (χ4v) is 3.88. The van der Waals surface area contributed by atoms with Gasteiger partial charge in [0.15, 0.2) is 5.82 Å². The first kappa shape index (κ1) is 25.6. The van der Waals surface area contributed by atoms with Crippen molar-refractivity contribution >= 4 is 34.5 Å². The van der Waals surface area contributed by atoms with E-state index in [0.29, 0.717) is 24.1 Å². The Labute approximate surface area is 211 Å². The predicted octanol–water partition coefficient (Wildman–Crippen LogP) is 3.00. The lowest BCUT2D eigenvalue weighted by Gasteiger charge is -2.29. The summed E-state index contributed by atoms with van der Waals surface area (Å²) in [6.45, 7) is 8.95. The second-order valence-corrected chi connectivity index (χ2v) is 9.00. The second-order valence-electron chi connectivity index (χ2n) is 9.00. The van der Waals surface area contributed by atoms with Gasteiger partial charge in [-0.2, -0.15) is 5.10 Å². The van der Waals surface area contributed by atoms with Crippen LogP contribution in [-0.2, 0) is 9.47 Å². The Hall–Kier alpha value is -3.47. The van der Waals surface area contributed by atoms with E-state index in [0.717, 1.165) is 60.6 Å². The normalized spacial score (nSPS) is 16.2. The maximum atomic E-state index is 5.94. The van der Waals surface area contributed by atoms with Crippen LogP contribution in [0.2, 0.25) is 0 Å². The summed E-state index contributed by atoms with van der Waals surface area (Å²) in [5, 5.41) is 11.5. The zero-order valence-corrected chi connectivity index (χ0v) is 21.1. The molecule has 0 saturated carbocycles. The van der Waals surface area contributed by atoms with Crippen LogP contribution in [0.5, 0.6) is 0 Å². The molecule has 1 atom stereocenters. The van der Waals surface area contributed by atoms with Gasteiger partial charge in [-0.3, -0.25) is 14.9 Å². The van der Waals surface area contributed by atoms with E-state index in [-0.39, 0.29) is 6.10 Å². The highest BCUT2D eigenvalue weighted by Gasteiger charge is 2.16. The highest BCUT2D eigenvalue weighted by molar-refractivity contribution is 6.10. The minimum Gasteiger partial charge on any atom is -0.404 e. The van der Waals surface area contributed by atoms with Gasteiger partial charge in [-0.25, -0.2) is 4.98 Å². The van der Waals surface area contributed by atoms with Gasteiger partial charge in [-0.1, -0.05) is 13.8 Å². The van der Waals surface area contributed by atoms with Gasteiger partial charge in [0, 0.05) is 56.5 Å². The Balaban J connectivity index is 1.45. The first-order valence-corrected chi connectivity index (χ1v) is 12.2. The maximum absolute atomic E-state index is 5.94. The largest absolute Gasteiger partial charge is 0.404 e. The zero-order valence-electron chi connectivity index (χ0n) is 21.1. The number of morpholine rings is 1. The number of allylic oxidation sites excluding steroid dienone is 1. The number of nitrogens with one attached hydrogen (secondary N) is 1. The fraction of sp³-hybridized carbons (Fsp3) is 0.423. The quantitative estimate of drug-likeness (QED) is 0.413. The fourth-order valence-electron chi connectivity index (χ4n) is 3.88. The number of methoxy groups -OCH3 is 1. The van der Waals surface area contributed by atoms with Crippen LogP contribution in [-0.4, -0.2) is 83.9 Å². The van der Waals surface area contributed by atoms with Crippen LogP contribution in [0.4, 0.5) is 11.6 Å². The van der Waals surface area contributed by atoms with Crippen LogP contribution < -0.4 is 11.1 Å². The van der Waals surface area contributed by atoms with Gasteiger partial charge >= 0.3 is 0 Å². The smallest absolute Gasteiger partial charge is 0.154 e. The molecule has 4 rings (SSSR count). The van der Waals surface area contributed by atoms with Gasteiger partial charge in [0.2, 0.25) is 0 Å². The van der Waals surface area contributed by atoms with Crippen molar-refractivity contribution in [1.29, 1.82) is 0 Å². The number of pyridine rings is 2. The van der Waals surface area contributed by atoms with Crippen LogP contribution in [0.25, 0.3) is 16.6 Å². The SMILES string of the molecule is COC(CN=CC(=CN)c1cnc2ccc(Nc3cc(C(C)C)cnn3)nc2c1)CN1CCOCC1. The van der Waals surface area contributed by atoms with Gasteiger partial charge in [0.1, 0.15) is 5.82 Å². The van der Waals surface area contributed by atoms with Gasteiger partial charge < -0.3 is 20.5 Å². The summed E-state index contributed by atoms with van der Waals surface area (Å²) in [4.78, 5) is 16.2. The molecule has 0 amide bonds. The van der Waals surface area contributed by atoms with Gasteiger partial charge in [-0.05, 0) is 35.7 Å². The molecule has 1 unspecified atom stereocenters. The van der Waals surface area contributed by atoms with Crippen molar-refractivity contribution in [3.05, 3.63) is 54.0 Å². The Bertz CT molecular complexity index is 1210. The topological polar surface area (TPSA) is 124 Å². The molecular weight excluding hydrogens is 456 g/mol. The molecule has 10 nitrogen and oxygen atoms in total. The molecule has 1 saturated heterocycles. The monoisotopic (exact) mass is 490 g/mol. The Morgan fingerprint density at radius 3 is 2.78 bits per heavy atom.